The molecule has 0 fully saturated rings. The van der Waals surface area contributed by atoms with Gasteiger partial charge >= 0.3 is 0 Å². The van der Waals surface area contributed by atoms with E-state index in [0.717, 1.165) is 12.0 Å². The van der Waals surface area contributed by atoms with E-state index in [0.29, 0.717) is 35.4 Å². The number of aromatic nitrogens is 2. The molecule has 0 radical (unpaired) electrons. The Hall–Kier alpha value is -1.81. The first-order valence-electron chi connectivity index (χ1n) is 7.54. The second-order valence-electron chi connectivity index (χ2n) is 5.83. The SMILES string of the molecule is Cc1nn(Cc2ccccc2)c(Cl)c1C(=O)NCCC(C)C. The van der Waals surface area contributed by atoms with Crippen molar-refractivity contribution in [3.63, 3.8) is 0 Å². The smallest absolute Gasteiger partial charge is 0.256 e. The normalized spacial score (nSPS) is 11.0. The van der Waals surface area contributed by atoms with E-state index in [1.165, 1.54) is 0 Å². The molecular weight excluding hydrogens is 298 g/mol. The van der Waals surface area contributed by atoms with Crippen LogP contribution in [0.4, 0.5) is 0 Å². The van der Waals surface area contributed by atoms with Crippen LogP contribution in [0.25, 0.3) is 0 Å². The van der Waals surface area contributed by atoms with Gasteiger partial charge in [-0.15, -0.1) is 0 Å². The topological polar surface area (TPSA) is 46.9 Å². The molecule has 0 saturated heterocycles. The highest BCUT2D eigenvalue weighted by atomic mass is 35.5. The Morgan fingerprint density at radius 3 is 2.64 bits per heavy atom. The van der Waals surface area contributed by atoms with E-state index in [2.05, 4.69) is 24.3 Å². The van der Waals surface area contributed by atoms with Gasteiger partial charge in [0.15, 0.2) is 0 Å². The Morgan fingerprint density at radius 2 is 2.00 bits per heavy atom. The predicted molar refractivity (Wildman–Crippen MR) is 89.3 cm³/mol. The zero-order chi connectivity index (χ0) is 16.1. The predicted octanol–water partition coefficient (Wildman–Crippen LogP) is 3.67. The molecule has 0 spiro atoms. The second-order valence-corrected chi connectivity index (χ2v) is 6.19. The van der Waals surface area contributed by atoms with Gasteiger partial charge in [0.1, 0.15) is 5.15 Å². The molecule has 1 aromatic carbocycles. The summed E-state index contributed by atoms with van der Waals surface area (Å²) in [5.74, 6) is 0.403. The minimum absolute atomic E-state index is 0.150. The summed E-state index contributed by atoms with van der Waals surface area (Å²) in [5, 5.41) is 7.70. The van der Waals surface area contributed by atoms with Gasteiger partial charge in [-0.25, -0.2) is 4.68 Å². The van der Waals surface area contributed by atoms with E-state index < -0.39 is 0 Å². The maximum atomic E-state index is 12.3. The van der Waals surface area contributed by atoms with Crippen molar-refractivity contribution in [1.82, 2.24) is 15.1 Å². The van der Waals surface area contributed by atoms with Crippen LogP contribution in [0.2, 0.25) is 5.15 Å². The largest absolute Gasteiger partial charge is 0.352 e. The number of carbonyl (C=O) groups is 1. The van der Waals surface area contributed by atoms with Gasteiger partial charge in [-0.1, -0.05) is 55.8 Å². The van der Waals surface area contributed by atoms with E-state index in [1.807, 2.05) is 37.3 Å². The van der Waals surface area contributed by atoms with E-state index in [4.69, 9.17) is 11.6 Å². The first kappa shape index (κ1) is 16.6. The molecule has 0 unspecified atom stereocenters. The molecule has 1 aromatic heterocycles. The fraction of sp³-hybridized carbons (Fsp3) is 0.412. The van der Waals surface area contributed by atoms with Gasteiger partial charge in [-0.05, 0) is 24.8 Å². The number of rotatable bonds is 6. The molecule has 1 N–H and O–H groups in total. The van der Waals surface area contributed by atoms with Crippen LogP contribution in [0.5, 0.6) is 0 Å². The molecule has 0 aliphatic heterocycles. The third-order valence-electron chi connectivity index (χ3n) is 3.47. The number of carbonyl (C=O) groups excluding carboxylic acids is 1. The van der Waals surface area contributed by atoms with Crippen molar-refractivity contribution >= 4 is 17.5 Å². The Kier molecular flexibility index (Phi) is 5.61. The fourth-order valence-electron chi connectivity index (χ4n) is 2.24. The first-order valence-corrected chi connectivity index (χ1v) is 7.92. The minimum atomic E-state index is -0.150. The number of benzene rings is 1. The lowest BCUT2D eigenvalue weighted by atomic mass is 10.1. The molecule has 2 aromatic rings. The van der Waals surface area contributed by atoms with Crippen LogP contribution in [0.15, 0.2) is 30.3 Å². The van der Waals surface area contributed by atoms with Gasteiger partial charge in [0, 0.05) is 6.54 Å². The quantitative estimate of drug-likeness (QED) is 0.883. The molecule has 5 heteroatoms. The molecule has 0 atom stereocenters. The summed E-state index contributed by atoms with van der Waals surface area (Å²) < 4.78 is 1.67. The minimum Gasteiger partial charge on any atom is -0.352 e. The lowest BCUT2D eigenvalue weighted by Gasteiger charge is -2.07. The van der Waals surface area contributed by atoms with Crippen molar-refractivity contribution in [1.29, 1.82) is 0 Å². The number of amides is 1. The lowest BCUT2D eigenvalue weighted by molar-refractivity contribution is 0.0951. The average molecular weight is 320 g/mol. The number of hydrogen-bond acceptors (Lipinski definition) is 2. The molecular formula is C17H22ClN3O. The van der Waals surface area contributed by atoms with Crippen molar-refractivity contribution in [2.24, 2.45) is 5.92 Å². The maximum absolute atomic E-state index is 12.3. The first-order chi connectivity index (χ1) is 10.5. The van der Waals surface area contributed by atoms with Crippen LogP contribution >= 0.6 is 11.6 Å². The zero-order valence-electron chi connectivity index (χ0n) is 13.3. The molecule has 1 heterocycles. The zero-order valence-corrected chi connectivity index (χ0v) is 14.0. The van der Waals surface area contributed by atoms with Gasteiger partial charge in [-0.3, -0.25) is 4.79 Å². The second kappa shape index (κ2) is 7.45. The highest BCUT2D eigenvalue weighted by Crippen LogP contribution is 2.21. The summed E-state index contributed by atoms with van der Waals surface area (Å²) in [6.45, 7) is 7.27. The van der Waals surface area contributed by atoms with Crippen molar-refractivity contribution in [2.45, 2.75) is 33.7 Å². The van der Waals surface area contributed by atoms with Gasteiger partial charge in [0.2, 0.25) is 0 Å². The van der Waals surface area contributed by atoms with Crippen LogP contribution in [-0.4, -0.2) is 22.2 Å². The van der Waals surface area contributed by atoms with Crippen LogP contribution in [0, 0.1) is 12.8 Å². The van der Waals surface area contributed by atoms with Crippen LogP contribution in [0.1, 0.15) is 41.9 Å². The Balaban J connectivity index is 2.11. The Labute approximate surface area is 136 Å². The molecule has 1 amide bonds. The molecule has 0 bridgehead atoms. The van der Waals surface area contributed by atoms with Gasteiger partial charge < -0.3 is 5.32 Å². The third kappa shape index (κ3) is 4.10. The van der Waals surface area contributed by atoms with Crippen molar-refractivity contribution in [3.05, 3.63) is 52.3 Å². The Bertz CT molecular complexity index is 635. The van der Waals surface area contributed by atoms with Gasteiger partial charge in [0.05, 0.1) is 17.8 Å². The fourth-order valence-corrected chi connectivity index (χ4v) is 2.56. The van der Waals surface area contributed by atoms with Crippen molar-refractivity contribution in [3.8, 4) is 0 Å². The number of halogens is 1. The summed E-state index contributed by atoms with van der Waals surface area (Å²) in [6, 6.07) is 9.93. The summed E-state index contributed by atoms with van der Waals surface area (Å²) in [7, 11) is 0. The summed E-state index contributed by atoms with van der Waals surface area (Å²) in [5.41, 5.74) is 2.22. The highest BCUT2D eigenvalue weighted by molar-refractivity contribution is 6.33. The molecule has 2 rings (SSSR count). The number of nitrogens with zero attached hydrogens (tertiary/aromatic N) is 2. The van der Waals surface area contributed by atoms with Crippen molar-refractivity contribution in [2.75, 3.05) is 6.54 Å². The molecule has 4 nitrogen and oxygen atoms in total. The summed E-state index contributed by atoms with van der Waals surface area (Å²) >= 11 is 6.36. The number of aryl methyl sites for hydroxylation is 1. The van der Waals surface area contributed by atoms with E-state index in [1.54, 1.807) is 4.68 Å². The van der Waals surface area contributed by atoms with Crippen LogP contribution in [0.3, 0.4) is 0 Å². The third-order valence-corrected chi connectivity index (χ3v) is 3.86. The van der Waals surface area contributed by atoms with Gasteiger partial charge in [-0.2, -0.15) is 5.10 Å². The standard InChI is InChI=1S/C17H22ClN3O/c1-12(2)9-10-19-17(22)15-13(3)20-21(16(15)18)11-14-7-5-4-6-8-14/h4-8,12H,9-11H2,1-3H3,(H,19,22). The molecule has 0 saturated carbocycles. The Morgan fingerprint density at radius 1 is 1.32 bits per heavy atom. The molecule has 0 aliphatic carbocycles. The molecule has 118 valence electrons. The maximum Gasteiger partial charge on any atom is 0.256 e. The van der Waals surface area contributed by atoms with Gasteiger partial charge in [0.25, 0.3) is 5.91 Å². The molecule has 22 heavy (non-hydrogen) atoms. The summed E-state index contributed by atoms with van der Waals surface area (Å²) in [6.07, 6.45) is 0.945. The van der Waals surface area contributed by atoms with Crippen molar-refractivity contribution < 1.29 is 4.79 Å². The van der Waals surface area contributed by atoms with E-state index in [9.17, 15) is 4.79 Å². The van der Waals surface area contributed by atoms with Crippen LogP contribution in [-0.2, 0) is 6.54 Å². The molecule has 0 aliphatic rings. The lowest BCUT2D eigenvalue weighted by Crippen LogP contribution is -2.26. The number of hydrogen-bond donors (Lipinski definition) is 1. The highest BCUT2D eigenvalue weighted by Gasteiger charge is 2.20. The monoisotopic (exact) mass is 319 g/mol. The van der Waals surface area contributed by atoms with E-state index in [-0.39, 0.29) is 5.91 Å². The number of nitrogens with one attached hydrogen (secondary N) is 1. The van der Waals surface area contributed by atoms with E-state index >= 15 is 0 Å². The van der Waals surface area contributed by atoms with Crippen LogP contribution < -0.4 is 5.32 Å². The summed E-state index contributed by atoms with van der Waals surface area (Å²) in [4.78, 5) is 12.3. The average Bonchev–Trinajstić information content (AvgIpc) is 2.74.